The monoisotopic (exact) mass is 680 g/mol. The first-order valence-corrected chi connectivity index (χ1v) is 12.7. The summed E-state index contributed by atoms with van der Waals surface area (Å²) in [5.74, 6) is 0.435. The number of hydrogen-bond donors (Lipinski definition) is 4. The van der Waals surface area contributed by atoms with Crippen molar-refractivity contribution in [3.63, 3.8) is 0 Å². The SMILES string of the molecule is CCc1ccc(O)c(C=NC(C)(C)CO)c1.CCc1ccc(O)c(C=NC(C)(C)CO)c1.F[B-](F)(F)F.F[B-](F)(F)F.[Zn]. The first-order valence-electron chi connectivity index (χ1n) is 12.7. The van der Waals surface area contributed by atoms with Gasteiger partial charge in [-0.1, -0.05) is 26.0 Å². The smallest absolute Gasteiger partial charge is 0.507 e. The number of nitrogens with zero attached hydrogens (tertiary/aromatic N) is 2. The predicted molar refractivity (Wildman–Crippen MR) is 153 cm³/mol. The summed E-state index contributed by atoms with van der Waals surface area (Å²) < 4.78 is 78.0. The summed E-state index contributed by atoms with van der Waals surface area (Å²) >= 11 is 0. The van der Waals surface area contributed by atoms with E-state index in [0.717, 1.165) is 24.0 Å². The summed E-state index contributed by atoms with van der Waals surface area (Å²) in [6, 6.07) is 10.9. The van der Waals surface area contributed by atoms with E-state index in [1.165, 1.54) is 0 Å². The van der Waals surface area contributed by atoms with Gasteiger partial charge in [0.15, 0.2) is 0 Å². The van der Waals surface area contributed by atoms with Crippen LogP contribution in [0, 0.1) is 0 Å². The van der Waals surface area contributed by atoms with Crippen LogP contribution in [-0.4, -0.2) is 71.7 Å². The van der Waals surface area contributed by atoms with E-state index in [-0.39, 0.29) is 44.2 Å². The number of rotatable bonds is 8. The van der Waals surface area contributed by atoms with Gasteiger partial charge in [-0.3, -0.25) is 9.98 Å². The van der Waals surface area contributed by atoms with Crippen LogP contribution in [-0.2, 0) is 32.3 Å². The molecule has 0 bridgehead atoms. The van der Waals surface area contributed by atoms with Gasteiger partial charge in [-0.15, -0.1) is 0 Å². The minimum absolute atomic E-state index is 0. The second-order valence-electron chi connectivity index (χ2n) is 9.94. The third-order valence-corrected chi connectivity index (χ3v) is 4.88. The normalized spacial score (nSPS) is 11.9. The minimum atomic E-state index is -6.00. The van der Waals surface area contributed by atoms with Crippen molar-refractivity contribution < 1.29 is 74.4 Å². The molecule has 0 aliphatic heterocycles. The van der Waals surface area contributed by atoms with Crippen molar-refractivity contribution >= 4 is 26.9 Å². The Hall–Kier alpha value is -2.51. The summed E-state index contributed by atoms with van der Waals surface area (Å²) in [4.78, 5) is 8.49. The first kappa shape index (κ1) is 44.9. The van der Waals surface area contributed by atoms with Crippen molar-refractivity contribution in [2.45, 2.75) is 65.5 Å². The summed E-state index contributed by atoms with van der Waals surface area (Å²) in [5.41, 5.74) is 2.69. The molecule has 0 aromatic heterocycles. The maximum absolute atomic E-state index is 9.75. The van der Waals surface area contributed by atoms with E-state index >= 15 is 0 Å². The van der Waals surface area contributed by atoms with Crippen LogP contribution in [0.2, 0.25) is 0 Å². The van der Waals surface area contributed by atoms with Gasteiger partial charge in [0.1, 0.15) is 11.5 Å². The zero-order valence-electron chi connectivity index (χ0n) is 25.0. The molecular weight excluding hydrogens is 643 g/mol. The fraction of sp³-hybridized carbons (Fsp3) is 0.462. The third kappa shape index (κ3) is 26.8. The van der Waals surface area contributed by atoms with E-state index in [4.69, 9.17) is 10.2 Å². The minimum Gasteiger partial charge on any atom is -0.507 e. The van der Waals surface area contributed by atoms with Crippen LogP contribution >= 0.6 is 0 Å². The molecule has 2 rings (SSSR count). The Kier molecular flexibility index (Phi) is 21.4. The van der Waals surface area contributed by atoms with Crippen LogP contribution in [0.4, 0.5) is 34.5 Å². The number of benzene rings is 2. The Balaban J connectivity index is -0.000000558. The number of phenols is 2. The topological polar surface area (TPSA) is 106 Å². The Morgan fingerprint density at radius 2 is 0.884 bits per heavy atom. The summed E-state index contributed by atoms with van der Waals surface area (Å²) in [7, 11) is -12.0. The van der Waals surface area contributed by atoms with Gasteiger partial charge in [0, 0.05) is 43.0 Å². The van der Waals surface area contributed by atoms with Crippen molar-refractivity contribution in [2.24, 2.45) is 9.98 Å². The fourth-order valence-corrected chi connectivity index (χ4v) is 2.42. The standard InChI is InChI=1S/2C13H19NO2.2BF4.Zn/c2*1-4-10-5-6-12(16)11(7-10)8-14-13(2,3)9-15;2*2-1(3,4)5;/h2*5-8,15-16H,4,9H2,1-3H3;;;/q;;2*-1;. The molecule has 0 unspecified atom stereocenters. The molecule has 2 aromatic rings. The molecule has 0 heterocycles. The van der Waals surface area contributed by atoms with Gasteiger partial charge in [-0.25, -0.2) is 0 Å². The van der Waals surface area contributed by atoms with Gasteiger partial charge in [0.2, 0.25) is 0 Å². The third-order valence-electron chi connectivity index (χ3n) is 4.88. The Morgan fingerprint density at radius 3 is 1.09 bits per heavy atom. The maximum atomic E-state index is 9.75. The van der Waals surface area contributed by atoms with Crippen molar-refractivity contribution in [2.75, 3.05) is 13.2 Å². The van der Waals surface area contributed by atoms with Crippen molar-refractivity contribution in [1.82, 2.24) is 0 Å². The van der Waals surface area contributed by atoms with Crippen molar-refractivity contribution in [3.05, 3.63) is 58.7 Å². The Labute approximate surface area is 260 Å². The molecular formula is C26H38B2F8N2O4Zn-2. The molecule has 0 aliphatic carbocycles. The van der Waals surface area contributed by atoms with Gasteiger partial charge >= 0.3 is 14.5 Å². The number of aliphatic imine (C=N–C) groups is 2. The van der Waals surface area contributed by atoms with Crippen LogP contribution in [0.5, 0.6) is 11.5 Å². The van der Waals surface area contributed by atoms with Gasteiger partial charge in [-0.2, -0.15) is 0 Å². The Morgan fingerprint density at radius 1 is 0.628 bits per heavy atom. The van der Waals surface area contributed by atoms with Gasteiger partial charge < -0.3 is 55.0 Å². The second kappa shape index (κ2) is 20.5. The molecule has 6 nitrogen and oxygen atoms in total. The van der Waals surface area contributed by atoms with E-state index in [1.807, 2.05) is 52.0 Å². The Bertz CT molecular complexity index is 1030. The van der Waals surface area contributed by atoms with Gasteiger partial charge in [0.25, 0.3) is 0 Å². The molecule has 2 aromatic carbocycles. The molecule has 242 valence electrons. The van der Waals surface area contributed by atoms with E-state index in [2.05, 4.69) is 23.8 Å². The zero-order valence-corrected chi connectivity index (χ0v) is 28.0. The van der Waals surface area contributed by atoms with Crippen LogP contribution in [0.3, 0.4) is 0 Å². The molecule has 17 heteroatoms. The first-order chi connectivity index (χ1) is 19.0. The molecule has 0 radical (unpaired) electrons. The molecule has 0 spiro atoms. The zero-order chi connectivity index (χ0) is 33.4. The molecule has 0 aliphatic rings. The van der Waals surface area contributed by atoms with Gasteiger partial charge in [0.05, 0.1) is 24.3 Å². The number of phenolic OH excluding ortho intramolecular Hbond substituents is 2. The van der Waals surface area contributed by atoms with E-state index in [9.17, 15) is 44.7 Å². The average Bonchev–Trinajstić information content (AvgIpc) is 2.86. The predicted octanol–water partition coefficient (Wildman–Crippen LogP) is 6.89. The molecule has 43 heavy (non-hydrogen) atoms. The summed E-state index contributed by atoms with van der Waals surface area (Å²) in [6.45, 7) is 11.4. The molecule has 4 N–H and O–H groups in total. The molecule has 0 saturated heterocycles. The molecule has 0 saturated carbocycles. The van der Waals surface area contributed by atoms with Crippen molar-refractivity contribution in [3.8, 4) is 11.5 Å². The van der Waals surface area contributed by atoms with E-state index < -0.39 is 25.6 Å². The largest absolute Gasteiger partial charge is 0.673 e. The fourth-order valence-electron chi connectivity index (χ4n) is 2.42. The number of aromatic hydroxyl groups is 2. The average molecular weight is 682 g/mol. The van der Waals surface area contributed by atoms with E-state index in [1.54, 1.807) is 24.6 Å². The summed E-state index contributed by atoms with van der Waals surface area (Å²) in [5, 5.41) is 37.4. The summed E-state index contributed by atoms with van der Waals surface area (Å²) in [6.07, 6.45) is 5.07. The number of aliphatic hydroxyl groups excluding tert-OH is 2. The van der Waals surface area contributed by atoms with Gasteiger partial charge in [-0.05, 0) is 75.9 Å². The molecule has 0 amide bonds. The number of halogens is 8. The molecule has 0 atom stereocenters. The van der Waals surface area contributed by atoms with Crippen molar-refractivity contribution in [1.29, 1.82) is 0 Å². The molecule has 0 fully saturated rings. The van der Waals surface area contributed by atoms with Crippen LogP contribution in [0.25, 0.3) is 0 Å². The number of hydrogen-bond acceptors (Lipinski definition) is 6. The van der Waals surface area contributed by atoms with Crippen LogP contribution in [0.1, 0.15) is 63.8 Å². The van der Waals surface area contributed by atoms with Crippen LogP contribution in [0.15, 0.2) is 46.4 Å². The van der Waals surface area contributed by atoms with Crippen LogP contribution < -0.4 is 0 Å². The quantitative estimate of drug-likeness (QED) is 0.139. The second-order valence-corrected chi connectivity index (χ2v) is 9.94. The number of aryl methyl sites for hydroxylation is 2. The van der Waals surface area contributed by atoms with E-state index in [0.29, 0.717) is 11.1 Å². The number of aliphatic hydroxyl groups is 2. The maximum Gasteiger partial charge on any atom is 0.673 e.